The fourth-order valence-corrected chi connectivity index (χ4v) is 5.72. The molecule has 34 heavy (non-hydrogen) atoms. The first-order chi connectivity index (χ1) is 16.3. The predicted molar refractivity (Wildman–Crippen MR) is 132 cm³/mol. The van der Waals surface area contributed by atoms with Crippen molar-refractivity contribution in [3.8, 4) is 5.75 Å². The minimum Gasteiger partial charge on any atom is -0.502 e. The fraction of sp³-hybridized carbons (Fsp3) is 0.160. The van der Waals surface area contributed by atoms with E-state index in [0.29, 0.717) is 17.9 Å². The maximum atomic E-state index is 13.7. The molecule has 1 atom stereocenters. The van der Waals surface area contributed by atoms with Gasteiger partial charge in [0.1, 0.15) is 16.7 Å². The third-order valence-electron chi connectivity index (χ3n) is 5.33. The Hall–Kier alpha value is -3.00. The summed E-state index contributed by atoms with van der Waals surface area (Å²) in [7, 11) is -4.24. The number of amides is 1. The average molecular weight is 518 g/mol. The Bertz CT molecular complexity index is 1370. The number of ether oxygens (including phenoxy) is 1. The fourth-order valence-electron chi connectivity index (χ4n) is 3.78. The van der Waals surface area contributed by atoms with Crippen molar-refractivity contribution in [2.45, 2.75) is 24.3 Å². The van der Waals surface area contributed by atoms with Gasteiger partial charge in [0.25, 0.3) is 5.91 Å². The van der Waals surface area contributed by atoms with Crippen LogP contribution in [0.3, 0.4) is 0 Å². The summed E-state index contributed by atoms with van der Waals surface area (Å²) in [4.78, 5) is 14.0. The molecule has 3 aromatic carbocycles. The number of carbonyl (C=O) groups excluding carboxylic acids is 1. The number of halogens is 2. The molecule has 0 bridgehead atoms. The zero-order valence-electron chi connectivity index (χ0n) is 18.1. The molecule has 1 amide bonds. The van der Waals surface area contributed by atoms with Crippen LogP contribution in [0.1, 0.15) is 24.9 Å². The second kappa shape index (κ2) is 9.70. The van der Waals surface area contributed by atoms with E-state index >= 15 is 0 Å². The van der Waals surface area contributed by atoms with Gasteiger partial charge in [0.15, 0.2) is 5.76 Å². The summed E-state index contributed by atoms with van der Waals surface area (Å²) in [5.74, 6) is -1.19. The average Bonchev–Trinajstić information content (AvgIpc) is 3.11. The van der Waals surface area contributed by atoms with Crippen LogP contribution in [0.2, 0.25) is 10.0 Å². The molecule has 1 N–H and O–H groups in total. The molecule has 3 aromatic rings. The summed E-state index contributed by atoms with van der Waals surface area (Å²) in [6, 6.07) is 17.8. The number of aliphatic hydroxyl groups excluding tert-OH is 1. The van der Waals surface area contributed by atoms with E-state index in [1.165, 1.54) is 29.2 Å². The van der Waals surface area contributed by atoms with Crippen LogP contribution < -0.4 is 9.64 Å². The molecule has 1 aliphatic heterocycles. The number of nitrogens with zero attached hydrogens (tertiary/aromatic N) is 1. The first kappa shape index (κ1) is 24.1. The molecule has 0 saturated carbocycles. The molecule has 0 radical (unpaired) electrons. The molecule has 4 rings (SSSR count). The van der Waals surface area contributed by atoms with Crippen LogP contribution in [-0.4, -0.2) is 26.0 Å². The van der Waals surface area contributed by atoms with Crippen molar-refractivity contribution >= 4 is 44.6 Å². The molecule has 0 aliphatic carbocycles. The van der Waals surface area contributed by atoms with E-state index in [4.69, 9.17) is 27.9 Å². The van der Waals surface area contributed by atoms with E-state index in [1.807, 2.05) is 6.92 Å². The summed E-state index contributed by atoms with van der Waals surface area (Å²) >= 11 is 12.2. The largest absolute Gasteiger partial charge is 0.502 e. The van der Waals surface area contributed by atoms with Crippen LogP contribution in [0.25, 0.3) is 0 Å². The SMILES string of the molecule is CCCOc1cccc(C2C(S(=O)(=O)c3ccccc3)=C(O)C(=O)N2c2ccc(Cl)c(Cl)c2)c1. The lowest BCUT2D eigenvalue weighted by Gasteiger charge is -2.27. The van der Waals surface area contributed by atoms with Crippen LogP contribution in [0.15, 0.2) is 88.4 Å². The van der Waals surface area contributed by atoms with Gasteiger partial charge in [-0.3, -0.25) is 9.69 Å². The van der Waals surface area contributed by atoms with Gasteiger partial charge in [0, 0.05) is 5.69 Å². The molecule has 0 saturated heterocycles. The summed E-state index contributed by atoms with van der Waals surface area (Å²) in [5.41, 5.74) is 0.737. The molecule has 1 heterocycles. The minimum atomic E-state index is -4.24. The highest BCUT2D eigenvalue weighted by molar-refractivity contribution is 7.95. The van der Waals surface area contributed by atoms with Crippen LogP contribution in [0.4, 0.5) is 5.69 Å². The Labute approximate surface area is 207 Å². The molecular weight excluding hydrogens is 497 g/mol. The van der Waals surface area contributed by atoms with E-state index in [-0.39, 0.29) is 20.6 Å². The van der Waals surface area contributed by atoms with Crippen LogP contribution in [0.5, 0.6) is 5.75 Å². The van der Waals surface area contributed by atoms with Gasteiger partial charge in [-0.2, -0.15) is 0 Å². The van der Waals surface area contributed by atoms with Crippen molar-refractivity contribution in [1.29, 1.82) is 0 Å². The van der Waals surface area contributed by atoms with Crippen molar-refractivity contribution in [3.05, 3.63) is 99.1 Å². The van der Waals surface area contributed by atoms with Crippen molar-refractivity contribution in [1.82, 2.24) is 0 Å². The lowest BCUT2D eigenvalue weighted by Crippen LogP contribution is -2.31. The van der Waals surface area contributed by atoms with Gasteiger partial charge in [-0.25, -0.2) is 8.42 Å². The molecule has 176 valence electrons. The smallest absolute Gasteiger partial charge is 0.295 e. The first-order valence-corrected chi connectivity index (χ1v) is 12.7. The number of sulfone groups is 1. The monoisotopic (exact) mass is 517 g/mol. The lowest BCUT2D eigenvalue weighted by molar-refractivity contribution is -0.117. The maximum Gasteiger partial charge on any atom is 0.295 e. The van der Waals surface area contributed by atoms with E-state index in [1.54, 1.807) is 48.5 Å². The third-order valence-corrected chi connectivity index (χ3v) is 7.96. The van der Waals surface area contributed by atoms with E-state index < -0.39 is 32.5 Å². The molecule has 6 nitrogen and oxygen atoms in total. The molecular formula is C25H21Cl2NO5S. The van der Waals surface area contributed by atoms with Crippen LogP contribution >= 0.6 is 23.2 Å². The number of hydrogen-bond donors (Lipinski definition) is 1. The Morgan fingerprint density at radius 1 is 0.971 bits per heavy atom. The zero-order chi connectivity index (χ0) is 24.5. The van der Waals surface area contributed by atoms with Crippen molar-refractivity contribution in [2.24, 2.45) is 0 Å². The number of hydrogen-bond acceptors (Lipinski definition) is 5. The van der Waals surface area contributed by atoms with E-state index in [2.05, 4.69) is 0 Å². The highest BCUT2D eigenvalue weighted by atomic mass is 35.5. The standard InChI is InChI=1S/C25H21Cl2NO5S/c1-2-13-33-18-8-6-7-16(14-18)22-24(34(31,32)19-9-4-3-5-10-19)23(29)25(30)28(22)17-11-12-20(26)21(27)15-17/h3-12,14-15,22,29H,2,13H2,1H3. The van der Waals surface area contributed by atoms with Gasteiger partial charge in [0.05, 0.1) is 21.5 Å². The Kier molecular flexibility index (Phi) is 6.89. The summed E-state index contributed by atoms with van der Waals surface area (Å²) in [6.45, 7) is 2.44. The minimum absolute atomic E-state index is 0.0382. The number of anilines is 1. The summed E-state index contributed by atoms with van der Waals surface area (Å²) in [5, 5.41) is 11.3. The highest BCUT2D eigenvalue weighted by Crippen LogP contribution is 2.46. The Balaban J connectivity index is 1.92. The number of carbonyl (C=O) groups is 1. The van der Waals surface area contributed by atoms with Gasteiger partial charge in [-0.1, -0.05) is 60.5 Å². The second-order valence-electron chi connectivity index (χ2n) is 7.63. The van der Waals surface area contributed by atoms with E-state index in [0.717, 1.165) is 6.42 Å². The lowest BCUT2D eigenvalue weighted by atomic mass is 10.1. The van der Waals surface area contributed by atoms with Crippen molar-refractivity contribution in [2.75, 3.05) is 11.5 Å². The molecule has 0 fully saturated rings. The molecule has 1 aliphatic rings. The highest BCUT2D eigenvalue weighted by Gasteiger charge is 2.47. The number of aliphatic hydroxyl groups is 1. The second-order valence-corrected chi connectivity index (χ2v) is 10.4. The van der Waals surface area contributed by atoms with Crippen molar-refractivity contribution < 1.29 is 23.1 Å². The summed E-state index contributed by atoms with van der Waals surface area (Å²) in [6.07, 6.45) is 0.788. The molecule has 0 spiro atoms. The zero-order valence-corrected chi connectivity index (χ0v) is 20.4. The normalized spacial score (nSPS) is 16.3. The number of rotatable bonds is 7. The van der Waals surface area contributed by atoms with Gasteiger partial charge in [-0.15, -0.1) is 0 Å². The molecule has 0 aromatic heterocycles. The van der Waals surface area contributed by atoms with Crippen LogP contribution in [-0.2, 0) is 14.6 Å². The van der Waals surface area contributed by atoms with Gasteiger partial charge in [-0.05, 0) is 54.4 Å². The van der Waals surface area contributed by atoms with Gasteiger partial charge >= 0.3 is 0 Å². The van der Waals surface area contributed by atoms with Gasteiger partial charge < -0.3 is 9.84 Å². The van der Waals surface area contributed by atoms with E-state index in [9.17, 15) is 18.3 Å². The molecule has 9 heteroatoms. The Morgan fingerprint density at radius 3 is 2.38 bits per heavy atom. The number of benzene rings is 3. The first-order valence-electron chi connectivity index (χ1n) is 10.5. The van der Waals surface area contributed by atoms with Gasteiger partial charge in [0.2, 0.25) is 9.84 Å². The molecule has 1 unspecified atom stereocenters. The van der Waals surface area contributed by atoms with Crippen molar-refractivity contribution in [3.63, 3.8) is 0 Å². The quantitative estimate of drug-likeness (QED) is 0.408. The maximum absolute atomic E-state index is 13.7. The topological polar surface area (TPSA) is 83.9 Å². The Morgan fingerprint density at radius 2 is 1.71 bits per heavy atom. The third kappa shape index (κ3) is 4.39. The van der Waals surface area contributed by atoms with Crippen LogP contribution in [0, 0.1) is 0 Å². The summed E-state index contributed by atoms with van der Waals surface area (Å²) < 4.78 is 33.0. The predicted octanol–water partition coefficient (Wildman–Crippen LogP) is 6.11.